The summed E-state index contributed by atoms with van der Waals surface area (Å²) in [7, 11) is 0. The number of carbonyl (C=O) groups excluding carboxylic acids is 1. The van der Waals surface area contributed by atoms with Gasteiger partial charge in [-0.25, -0.2) is 4.98 Å². The third-order valence-electron chi connectivity index (χ3n) is 4.33. The number of hydrogen-bond acceptors (Lipinski definition) is 3. The number of amides is 1. The number of nitrogens with zero attached hydrogens (tertiary/aromatic N) is 2. The molecule has 5 nitrogen and oxygen atoms in total. The third-order valence-corrected chi connectivity index (χ3v) is 4.58. The molecule has 0 radical (unpaired) electrons. The van der Waals surface area contributed by atoms with E-state index in [4.69, 9.17) is 11.6 Å². The lowest BCUT2D eigenvalue weighted by Gasteiger charge is -2.18. The molecular formula is C20H20ClN3O2. The molecule has 0 aliphatic heterocycles. The zero-order valence-electron chi connectivity index (χ0n) is 14.5. The van der Waals surface area contributed by atoms with Crippen LogP contribution in [-0.4, -0.2) is 15.5 Å². The van der Waals surface area contributed by atoms with Crippen molar-refractivity contribution in [2.45, 2.75) is 32.4 Å². The van der Waals surface area contributed by atoms with Crippen molar-refractivity contribution in [3.8, 4) is 0 Å². The molecule has 0 bridgehead atoms. The number of carbonyl (C=O) groups is 1. The van der Waals surface area contributed by atoms with Crippen LogP contribution in [0.4, 0.5) is 0 Å². The Morgan fingerprint density at radius 2 is 1.92 bits per heavy atom. The molecule has 1 N–H and O–H groups in total. The molecular weight excluding hydrogens is 350 g/mol. The van der Waals surface area contributed by atoms with Gasteiger partial charge in [0.05, 0.1) is 23.3 Å². The van der Waals surface area contributed by atoms with Crippen LogP contribution in [0.5, 0.6) is 0 Å². The minimum atomic E-state index is -0.131. The van der Waals surface area contributed by atoms with Crippen LogP contribution in [0.15, 0.2) is 59.7 Å². The number of halogens is 1. The second-order valence-electron chi connectivity index (χ2n) is 6.09. The molecule has 0 aliphatic rings. The summed E-state index contributed by atoms with van der Waals surface area (Å²) < 4.78 is 1.48. The van der Waals surface area contributed by atoms with E-state index in [0.717, 1.165) is 12.0 Å². The Balaban J connectivity index is 1.66. The Bertz CT molecular complexity index is 967. The van der Waals surface area contributed by atoms with E-state index < -0.39 is 0 Å². The second-order valence-corrected chi connectivity index (χ2v) is 6.53. The number of rotatable bonds is 6. The van der Waals surface area contributed by atoms with Gasteiger partial charge in [-0.05, 0) is 36.2 Å². The molecule has 0 saturated carbocycles. The van der Waals surface area contributed by atoms with Gasteiger partial charge in [0.2, 0.25) is 5.91 Å². The number of aryl methyl sites for hydroxylation is 1. The second kappa shape index (κ2) is 8.15. The van der Waals surface area contributed by atoms with Crippen LogP contribution in [0.2, 0.25) is 5.02 Å². The van der Waals surface area contributed by atoms with Crippen LogP contribution in [0.3, 0.4) is 0 Å². The van der Waals surface area contributed by atoms with E-state index in [2.05, 4.69) is 10.3 Å². The predicted molar refractivity (Wildman–Crippen MR) is 103 cm³/mol. The number of hydrogen-bond donors (Lipinski definition) is 1. The Hall–Kier alpha value is -2.66. The van der Waals surface area contributed by atoms with Gasteiger partial charge < -0.3 is 5.32 Å². The maximum absolute atomic E-state index is 12.5. The van der Waals surface area contributed by atoms with Crippen molar-refractivity contribution in [1.82, 2.24) is 14.9 Å². The van der Waals surface area contributed by atoms with E-state index in [-0.39, 0.29) is 23.9 Å². The molecule has 3 aromatic rings. The topological polar surface area (TPSA) is 64.0 Å². The van der Waals surface area contributed by atoms with Crippen LogP contribution < -0.4 is 10.9 Å². The average Bonchev–Trinajstić information content (AvgIpc) is 2.66. The SMILES string of the molecule is CC[C@@H](NC(=O)CCn1cnc2ccccc2c1=O)c1ccc(Cl)cc1. The summed E-state index contributed by atoms with van der Waals surface area (Å²) in [5, 5.41) is 4.23. The van der Waals surface area contributed by atoms with Gasteiger partial charge in [-0.15, -0.1) is 0 Å². The van der Waals surface area contributed by atoms with Crippen LogP contribution >= 0.6 is 11.6 Å². The molecule has 0 fully saturated rings. The van der Waals surface area contributed by atoms with Crippen molar-refractivity contribution >= 4 is 28.4 Å². The lowest BCUT2D eigenvalue weighted by atomic mass is 10.0. The summed E-state index contributed by atoms with van der Waals surface area (Å²) in [4.78, 5) is 29.1. The maximum Gasteiger partial charge on any atom is 0.261 e. The van der Waals surface area contributed by atoms with Crippen molar-refractivity contribution in [3.63, 3.8) is 0 Å². The molecule has 6 heteroatoms. The van der Waals surface area contributed by atoms with Gasteiger partial charge >= 0.3 is 0 Å². The summed E-state index contributed by atoms with van der Waals surface area (Å²) in [5.41, 5.74) is 1.54. The van der Waals surface area contributed by atoms with Crippen LogP contribution in [0, 0.1) is 0 Å². The number of para-hydroxylation sites is 1. The maximum atomic E-state index is 12.5. The number of benzene rings is 2. The molecule has 1 aromatic heterocycles. The Morgan fingerprint density at radius 1 is 1.19 bits per heavy atom. The molecule has 0 saturated heterocycles. The lowest BCUT2D eigenvalue weighted by molar-refractivity contribution is -0.122. The summed E-state index contributed by atoms with van der Waals surface area (Å²) in [6.45, 7) is 2.30. The summed E-state index contributed by atoms with van der Waals surface area (Å²) in [5.74, 6) is -0.105. The van der Waals surface area contributed by atoms with Crippen LogP contribution in [-0.2, 0) is 11.3 Å². The standard InChI is InChI=1S/C20H20ClN3O2/c1-2-17(14-7-9-15(21)10-8-14)23-19(25)11-12-24-13-22-18-6-4-3-5-16(18)20(24)26/h3-10,13,17H,2,11-12H2,1H3,(H,23,25)/t17-/m1/s1. The molecule has 3 rings (SSSR count). The van der Waals surface area contributed by atoms with Gasteiger partial charge in [0, 0.05) is 18.0 Å². The third kappa shape index (κ3) is 4.11. The first-order valence-electron chi connectivity index (χ1n) is 8.57. The van der Waals surface area contributed by atoms with Gasteiger partial charge in [-0.3, -0.25) is 14.2 Å². The Morgan fingerprint density at radius 3 is 2.65 bits per heavy atom. The van der Waals surface area contributed by atoms with Gasteiger partial charge in [-0.1, -0.05) is 42.8 Å². The summed E-state index contributed by atoms with van der Waals surface area (Å²) in [6.07, 6.45) is 2.48. The monoisotopic (exact) mass is 369 g/mol. The van der Waals surface area contributed by atoms with Gasteiger partial charge in [0.25, 0.3) is 5.56 Å². The zero-order valence-corrected chi connectivity index (χ0v) is 15.2. The largest absolute Gasteiger partial charge is 0.349 e. The smallest absolute Gasteiger partial charge is 0.261 e. The van der Waals surface area contributed by atoms with Gasteiger partial charge in [0.15, 0.2) is 0 Å². The fourth-order valence-corrected chi connectivity index (χ4v) is 3.00. The normalized spacial score (nSPS) is 12.1. The minimum Gasteiger partial charge on any atom is -0.349 e. The Labute approximate surface area is 156 Å². The quantitative estimate of drug-likeness (QED) is 0.720. The number of fused-ring (bicyclic) bond motifs is 1. The highest BCUT2D eigenvalue weighted by atomic mass is 35.5. The van der Waals surface area contributed by atoms with E-state index in [9.17, 15) is 9.59 Å². The first-order valence-corrected chi connectivity index (χ1v) is 8.95. The summed E-state index contributed by atoms with van der Waals surface area (Å²) >= 11 is 5.91. The van der Waals surface area contributed by atoms with E-state index in [1.54, 1.807) is 18.2 Å². The molecule has 1 amide bonds. The fraction of sp³-hybridized carbons (Fsp3) is 0.250. The molecule has 1 heterocycles. The van der Waals surface area contributed by atoms with Crippen LogP contribution in [0.25, 0.3) is 10.9 Å². The van der Waals surface area contributed by atoms with Crippen molar-refractivity contribution in [2.75, 3.05) is 0 Å². The first-order chi connectivity index (χ1) is 12.6. The van der Waals surface area contributed by atoms with Crippen molar-refractivity contribution < 1.29 is 4.79 Å². The number of aromatic nitrogens is 2. The highest BCUT2D eigenvalue weighted by Crippen LogP contribution is 2.19. The van der Waals surface area contributed by atoms with Crippen molar-refractivity contribution in [2.24, 2.45) is 0 Å². The highest BCUT2D eigenvalue weighted by molar-refractivity contribution is 6.30. The van der Waals surface area contributed by atoms with E-state index in [1.807, 2.05) is 37.3 Å². The first kappa shape index (κ1) is 18.1. The molecule has 2 aromatic carbocycles. The molecule has 0 aliphatic carbocycles. The fourth-order valence-electron chi connectivity index (χ4n) is 2.87. The Kier molecular flexibility index (Phi) is 5.68. The lowest BCUT2D eigenvalue weighted by Crippen LogP contribution is -2.30. The zero-order chi connectivity index (χ0) is 18.5. The molecule has 26 heavy (non-hydrogen) atoms. The van der Waals surface area contributed by atoms with Gasteiger partial charge in [0.1, 0.15) is 0 Å². The molecule has 0 spiro atoms. The molecule has 1 atom stereocenters. The molecule has 0 unspecified atom stereocenters. The van der Waals surface area contributed by atoms with E-state index >= 15 is 0 Å². The summed E-state index contributed by atoms with van der Waals surface area (Å²) in [6, 6.07) is 14.6. The average molecular weight is 370 g/mol. The highest BCUT2D eigenvalue weighted by Gasteiger charge is 2.13. The predicted octanol–water partition coefficient (Wildman–Crippen LogP) is 3.71. The number of nitrogens with one attached hydrogen (secondary N) is 1. The van der Waals surface area contributed by atoms with E-state index in [0.29, 0.717) is 22.5 Å². The van der Waals surface area contributed by atoms with Crippen LogP contribution in [0.1, 0.15) is 31.4 Å². The molecule has 134 valence electrons. The van der Waals surface area contributed by atoms with Crippen molar-refractivity contribution in [3.05, 3.63) is 75.8 Å². The van der Waals surface area contributed by atoms with Crippen molar-refractivity contribution in [1.29, 1.82) is 0 Å². The minimum absolute atomic E-state index is 0.0776. The van der Waals surface area contributed by atoms with E-state index in [1.165, 1.54) is 10.9 Å². The van der Waals surface area contributed by atoms with Gasteiger partial charge in [-0.2, -0.15) is 0 Å².